The SMILES string of the molecule is CC(O)c1nc(CCN2CCCC2)no1. The van der Waals surface area contributed by atoms with E-state index >= 15 is 0 Å². The Morgan fingerprint density at radius 3 is 2.80 bits per heavy atom. The molecule has 1 aliphatic rings. The van der Waals surface area contributed by atoms with Crippen LogP contribution in [0.3, 0.4) is 0 Å². The van der Waals surface area contributed by atoms with Crippen LogP contribution in [0.25, 0.3) is 0 Å². The van der Waals surface area contributed by atoms with Crippen molar-refractivity contribution in [2.45, 2.75) is 32.3 Å². The van der Waals surface area contributed by atoms with Gasteiger partial charge in [0, 0.05) is 13.0 Å². The Labute approximate surface area is 89.1 Å². The Kier molecular flexibility index (Phi) is 3.33. The zero-order chi connectivity index (χ0) is 10.7. The Balaban J connectivity index is 1.82. The van der Waals surface area contributed by atoms with Crippen LogP contribution in [0.1, 0.15) is 37.6 Å². The molecule has 0 saturated carbocycles. The minimum absolute atomic E-state index is 0.312. The maximum absolute atomic E-state index is 9.21. The summed E-state index contributed by atoms with van der Waals surface area (Å²) in [4.78, 5) is 6.52. The van der Waals surface area contributed by atoms with Crippen LogP contribution >= 0.6 is 0 Å². The van der Waals surface area contributed by atoms with Gasteiger partial charge in [-0.05, 0) is 32.9 Å². The van der Waals surface area contributed by atoms with Crippen molar-refractivity contribution in [3.8, 4) is 0 Å². The van der Waals surface area contributed by atoms with Gasteiger partial charge >= 0.3 is 0 Å². The molecule has 84 valence electrons. The third kappa shape index (κ3) is 2.76. The number of aliphatic hydroxyl groups is 1. The Morgan fingerprint density at radius 1 is 1.47 bits per heavy atom. The molecule has 1 aromatic heterocycles. The van der Waals surface area contributed by atoms with Gasteiger partial charge in [-0.1, -0.05) is 5.16 Å². The fourth-order valence-electron chi connectivity index (χ4n) is 1.80. The molecule has 1 saturated heterocycles. The fourth-order valence-corrected chi connectivity index (χ4v) is 1.80. The predicted molar refractivity (Wildman–Crippen MR) is 54.3 cm³/mol. The highest BCUT2D eigenvalue weighted by Crippen LogP contribution is 2.10. The van der Waals surface area contributed by atoms with Gasteiger partial charge in [0.05, 0.1) is 0 Å². The molecule has 1 aliphatic heterocycles. The van der Waals surface area contributed by atoms with Crippen LogP contribution in [0.5, 0.6) is 0 Å². The van der Waals surface area contributed by atoms with Gasteiger partial charge < -0.3 is 14.5 Å². The summed E-state index contributed by atoms with van der Waals surface area (Å²) in [6.07, 6.45) is 2.73. The number of nitrogens with zero attached hydrogens (tertiary/aromatic N) is 3. The van der Waals surface area contributed by atoms with Crippen LogP contribution in [0, 0.1) is 0 Å². The number of aromatic nitrogens is 2. The van der Waals surface area contributed by atoms with Gasteiger partial charge in [-0.3, -0.25) is 0 Å². The topological polar surface area (TPSA) is 62.4 Å². The van der Waals surface area contributed by atoms with Crippen LogP contribution in [0.2, 0.25) is 0 Å². The molecule has 0 bridgehead atoms. The van der Waals surface area contributed by atoms with Crippen molar-refractivity contribution in [3.05, 3.63) is 11.7 Å². The molecule has 1 unspecified atom stereocenters. The molecule has 15 heavy (non-hydrogen) atoms. The lowest BCUT2D eigenvalue weighted by atomic mass is 10.3. The van der Waals surface area contributed by atoms with E-state index in [1.165, 1.54) is 25.9 Å². The Hall–Kier alpha value is -0.940. The van der Waals surface area contributed by atoms with E-state index in [0.29, 0.717) is 11.7 Å². The minimum atomic E-state index is -0.668. The van der Waals surface area contributed by atoms with Crippen molar-refractivity contribution in [3.63, 3.8) is 0 Å². The first kappa shape index (κ1) is 10.6. The molecule has 0 spiro atoms. The lowest BCUT2D eigenvalue weighted by Gasteiger charge is -2.11. The minimum Gasteiger partial charge on any atom is -0.384 e. The third-order valence-electron chi connectivity index (χ3n) is 2.69. The fraction of sp³-hybridized carbons (Fsp3) is 0.800. The van der Waals surface area contributed by atoms with E-state index in [-0.39, 0.29) is 0 Å². The first-order valence-electron chi connectivity index (χ1n) is 5.48. The maximum atomic E-state index is 9.21. The van der Waals surface area contributed by atoms with Crippen molar-refractivity contribution in [1.82, 2.24) is 15.0 Å². The van der Waals surface area contributed by atoms with Crippen LogP contribution < -0.4 is 0 Å². The smallest absolute Gasteiger partial charge is 0.255 e. The first-order chi connectivity index (χ1) is 7.25. The molecule has 0 amide bonds. The van der Waals surface area contributed by atoms with Crippen LogP contribution in [-0.2, 0) is 6.42 Å². The van der Waals surface area contributed by atoms with Gasteiger partial charge in [0.1, 0.15) is 6.10 Å². The van der Waals surface area contributed by atoms with Gasteiger partial charge in [-0.25, -0.2) is 0 Å². The molecule has 1 aromatic rings. The summed E-state index contributed by atoms with van der Waals surface area (Å²) >= 11 is 0. The number of aliphatic hydroxyl groups excluding tert-OH is 1. The van der Waals surface area contributed by atoms with Crippen molar-refractivity contribution in [1.29, 1.82) is 0 Å². The van der Waals surface area contributed by atoms with E-state index in [1.807, 2.05) is 0 Å². The van der Waals surface area contributed by atoms with E-state index in [1.54, 1.807) is 6.92 Å². The summed E-state index contributed by atoms with van der Waals surface area (Å²) in [5, 5.41) is 13.0. The molecule has 2 rings (SSSR count). The second kappa shape index (κ2) is 4.72. The highest BCUT2D eigenvalue weighted by molar-refractivity contribution is 4.89. The summed E-state index contributed by atoms with van der Waals surface area (Å²) in [5.74, 6) is 1.00. The predicted octanol–water partition coefficient (Wildman–Crippen LogP) is 0.761. The second-order valence-corrected chi connectivity index (χ2v) is 4.02. The number of likely N-dealkylation sites (tertiary alicyclic amines) is 1. The number of hydrogen-bond acceptors (Lipinski definition) is 5. The van der Waals surface area contributed by atoms with Crippen molar-refractivity contribution in [2.24, 2.45) is 0 Å². The molecule has 0 aromatic carbocycles. The molecule has 2 heterocycles. The summed E-state index contributed by atoms with van der Waals surface area (Å²) in [7, 11) is 0. The molecule has 0 aliphatic carbocycles. The summed E-state index contributed by atoms with van der Waals surface area (Å²) in [5.41, 5.74) is 0. The van der Waals surface area contributed by atoms with E-state index in [4.69, 9.17) is 4.52 Å². The van der Waals surface area contributed by atoms with Crippen LogP contribution in [0.15, 0.2) is 4.52 Å². The van der Waals surface area contributed by atoms with Crippen LogP contribution in [-0.4, -0.2) is 39.8 Å². The molecular formula is C10H17N3O2. The van der Waals surface area contributed by atoms with Gasteiger partial charge in [-0.15, -0.1) is 0 Å². The highest BCUT2D eigenvalue weighted by atomic mass is 16.5. The van der Waals surface area contributed by atoms with Crippen LogP contribution in [0.4, 0.5) is 0 Å². The molecule has 1 N–H and O–H groups in total. The average molecular weight is 211 g/mol. The van der Waals surface area contributed by atoms with E-state index in [2.05, 4.69) is 15.0 Å². The van der Waals surface area contributed by atoms with Gasteiger partial charge in [0.25, 0.3) is 5.89 Å². The highest BCUT2D eigenvalue weighted by Gasteiger charge is 2.14. The largest absolute Gasteiger partial charge is 0.384 e. The zero-order valence-electron chi connectivity index (χ0n) is 9.02. The lowest BCUT2D eigenvalue weighted by molar-refractivity contribution is 0.151. The average Bonchev–Trinajstić information content (AvgIpc) is 2.86. The second-order valence-electron chi connectivity index (χ2n) is 4.02. The normalized spacial score (nSPS) is 19.6. The zero-order valence-corrected chi connectivity index (χ0v) is 9.02. The van der Waals surface area contributed by atoms with Gasteiger partial charge in [0.2, 0.25) is 0 Å². The molecule has 0 radical (unpaired) electrons. The van der Waals surface area contributed by atoms with Gasteiger partial charge in [-0.2, -0.15) is 4.98 Å². The summed E-state index contributed by atoms with van der Waals surface area (Å²) < 4.78 is 4.91. The monoisotopic (exact) mass is 211 g/mol. The van der Waals surface area contributed by atoms with Gasteiger partial charge in [0.15, 0.2) is 5.82 Å². The molecule has 1 fully saturated rings. The van der Waals surface area contributed by atoms with Crippen molar-refractivity contribution in [2.75, 3.05) is 19.6 Å². The third-order valence-corrected chi connectivity index (χ3v) is 2.69. The summed E-state index contributed by atoms with van der Waals surface area (Å²) in [6.45, 7) is 4.97. The molecular weight excluding hydrogens is 194 g/mol. The Bertz CT molecular complexity index is 305. The van der Waals surface area contributed by atoms with E-state index in [0.717, 1.165) is 13.0 Å². The van der Waals surface area contributed by atoms with E-state index in [9.17, 15) is 5.11 Å². The van der Waals surface area contributed by atoms with Crippen molar-refractivity contribution >= 4 is 0 Å². The standard InChI is InChI=1S/C10H17N3O2/c1-8(14)10-11-9(12-15-10)4-7-13-5-2-3-6-13/h8,14H,2-7H2,1H3. The Morgan fingerprint density at radius 2 is 2.20 bits per heavy atom. The number of hydrogen-bond donors (Lipinski definition) is 1. The molecule has 5 nitrogen and oxygen atoms in total. The first-order valence-corrected chi connectivity index (χ1v) is 5.48. The summed E-state index contributed by atoms with van der Waals surface area (Å²) in [6, 6.07) is 0. The number of rotatable bonds is 4. The maximum Gasteiger partial charge on any atom is 0.255 e. The molecule has 1 atom stereocenters. The van der Waals surface area contributed by atoms with E-state index < -0.39 is 6.10 Å². The van der Waals surface area contributed by atoms with Crippen molar-refractivity contribution < 1.29 is 9.63 Å². The lowest BCUT2D eigenvalue weighted by Crippen LogP contribution is -2.22. The molecule has 5 heteroatoms. The quantitative estimate of drug-likeness (QED) is 0.796.